The van der Waals surface area contributed by atoms with E-state index in [1.54, 1.807) is 13.0 Å². The average Bonchev–Trinajstić information content (AvgIpc) is 2.76. The van der Waals surface area contributed by atoms with Gasteiger partial charge in [0, 0.05) is 6.54 Å². The minimum absolute atomic E-state index is 0.393. The molecule has 6 heteroatoms. The maximum absolute atomic E-state index is 9.29. The molecule has 102 valence electrons. The van der Waals surface area contributed by atoms with E-state index in [1.807, 2.05) is 30.1 Å². The summed E-state index contributed by atoms with van der Waals surface area (Å²) in [6, 6.07) is 7.32. The van der Waals surface area contributed by atoms with Crippen LogP contribution in [0.3, 0.4) is 0 Å². The highest BCUT2D eigenvalue weighted by molar-refractivity contribution is 6.33. The quantitative estimate of drug-likeness (QED) is 0.910. The van der Waals surface area contributed by atoms with Crippen LogP contribution in [0, 0.1) is 0 Å². The Morgan fingerprint density at radius 1 is 1.37 bits per heavy atom. The highest BCUT2D eigenvalue weighted by atomic mass is 35.5. The van der Waals surface area contributed by atoms with E-state index in [0.717, 1.165) is 5.56 Å². The molecule has 0 aliphatic heterocycles. The van der Waals surface area contributed by atoms with Gasteiger partial charge in [0.1, 0.15) is 0 Å². The SMILES string of the molecule is CC(O)CN(C)Cc1nnc(-c2ccccc2Cl)o1. The molecule has 0 bridgehead atoms. The van der Waals surface area contributed by atoms with E-state index in [0.29, 0.717) is 29.9 Å². The molecule has 0 radical (unpaired) electrons. The van der Waals surface area contributed by atoms with Crippen molar-refractivity contribution < 1.29 is 9.52 Å². The molecular formula is C13H16ClN3O2. The first-order valence-electron chi connectivity index (χ1n) is 6.00. The van der Waals surface area contributed by atoms with Crippen molar-refractivity contribution in [3.05, 3.63) is 35.2 Å². The second-order valence-corrected chi connectivity index (χ2v) is 4.93. The Bertz CT molecular complexity index is 542. The largest absolute Gasteiger partial charge is 0.419 e. The van der Waals surface area contributed by atoms with Gasteiger partial charge in [-0.2, -0.15) is 0 Å². The molecule has 0 saturated heterocycles. The summed E-state index contributed by atoms with van der Waals surface area (Å²) in [5, 5.41) is 17.8. The lowest BCUT2D eigenvalue weighted by Crippen LogP contribution is -2.26. The molecule has 2 rings (SSSR count). The number of likely N-dealkylation sites (N-methyl/N-ethyl adjacent to an activating group) is 1. The first kappa shape index (κ1) is 14.0. The van der Waals surface area contributed by atoms with Crippen LogP contribution >= 0.6 is 11.6 Å². The number of aromatic nitrogens is 2. The van der Waals surface area contributed by atoms with E-state index in [4.69, 9.17) is 16.0 Å². The van der Waals surface area contributed by atoms with E-state index < -0.39 is 6.10 Å². The topological polar surface area (TPSA) is 62.4 Å². The number of rotatable bonds is 5. The maximum atomic E-state index is 9.29. The standard InChI is InChI=1S/C13H16ClN3O2/c1-9(18)7-17(2)8-12-15-16-13(19-12)10-5-3-4-6-11(10)14/h3-6,9,18H,7-8H2,1-2H3. The third kappa shape index (κ3) is 3.76. The van der Waals surface area contributed by atoms with E-state index in [1.165, 1.54) is 0 Å². The van der Waals surface area contributed by atoms with Crippen LogP contribution in [0.2, 0.25) is 5.02 Å². The van der Waals surface area contributed by atoms with Gasteiger partial charge in [-0.3, -0.25) is 4.90 Å². The number of aliphatic hydroxyl groups is 1. The zero-order chi connectivity index (χ0) is 13.8. The van der Waals surface area contributed by atoms with Crippen LogP contribution in [0.5, 0.6) is 0 Å². The molecule has 0 aliphatic carbocycles. The summed E-state index contributed by atoms with van der Waals surface area (Å²) in [7, 11) is 1.88. The fraction of sp³-hybridized carbons (Fsp3) is 0.385. The Morgan fingerprint density at radius 2 is 2.11 bits per heavy atom. The summed E-state index contributed by atoms with van der Waals surface area (Å²) in [5.74, 6) is 0.907. The van der Waals surface area contributed by atoms with Gasteiger partial charge in [-0.25, -0.2) is 0 Å². The predicted octanol–water partition coefficient (Wildman–Crippen LogP) is 2.20. The lowest BCUT2D eigenvalue weighted by Gasteiger charge is -2.15. The molecule has 1 N–H and O–H groups in total. The number of halogens is 1. The van der Waals surface area contributed by atoms with Crippen molar-refractivity contribution in [2.75, 3.05) is 13.6 Å². The average molecular weight is 282 g/mol. The number of hydrogen-bond acceptors (Lipinski definition) is 5. The van der Waals surface area contributed by atoms with Crippen molar-refractivity contribution in [1.29, 1.82) is 0 Å². The van der Waals surface area contributed by atoms with Crippen LogP contribution in [0.4, 0.5) is 0 Å². The first-order chi connectivity index (χ1) is 9.06. The van der Waals surface area contributed by atoms with Crippen LogP contribution < -0.4 is 0 Å². The monoisotopic (exact) mass is 281 g/mol. The van der Waals surface area contributed by atoms with Crippen LogP contribution in [-0.4, -0.2) is 39.9 Å². The lowest BCUT2D eigenvalue weighted by atomic mass is 10.2. The zero-order valence-corrected chi connectivity index (χ0v) is 11.6. The third-order valence-corrected chi connectivity index (χ3v) is 2.88. The third-order valence-electron chi connectivity index (χ3n) is 2.55. The second kappa shape index (κ2) is 6.14. The van der Waals surface area contributed by atoms with E-state index in [-0.39, 0.29) is 0 Å². The van der Waals surface area contributed by atoms with Gasteiger partial charge in [-0.15, -0.1) is 10.2 Å². The van der Waals surface area contributed by atoms with Gasteiger partial charge in [-0.05, 0) is 26.1 Å². The van der Waals surface area contributed by atoms with Gasteiger partial charge in [0.2, 0.25) is 11.8 Å². The minimum atomic E-state index is -0.393. The van der Waals surface area contributed by atoms with Crippen molar-refractivity contribution in [3.63, 3.8) is 0 Å². The molecule has 1 unspecified atom stereocenters. The van der Waals surface area contributed by atoms with Crippen LogP contribution in [0.15, 0.2) is 28.7 Å². The fourth-order valence-corrected chi connectivity index (χ4v) is 2.02. The van der Waals surface area contributed by atoms with E-state index >= 15 is 0 Å². The Hall–Kier alpha value is -1.43. The summed E-state index contributed by atoms with van der Waals surface area (Å²) in [6.45, 7) is 2.77. The number of hydrogen-bond donors (Lipinski definition) is 1. The molecule has 19 heavy (non-hydrogen) atoms. The normalized spacial score (nSPS) is 12.9. The van der Waals surface area contributed by atoms with Crippen molar-refractivity contribution in [3.8, 4) is 11.5 Å². The minimum Gasteiger partial charge on any atom is -0.419 e. The molecule has 0 amide bonds. The smallest absolute Gasteiger partial charge is 0.249 e. The molecule has 1 atom stereocenters. The van der Waals surface area contributed by atoms with Crippen LogP contribution in [0.1, 0.15) is 12.8 Å². The molecule has 1 aromatic carbocycles. The molecular weight excluding hydrogens is 266 g/mol. The Kier molecular flexibility index (Phi) is 4.52. The van der Waals surface area contributed by atoms with Crippen molar-refractivity contribution >= 4 is 11.6 Å². The molecule has 1 aromatic heterocycles. The van der Waals surface area contributed by atoms with E-state index in [9.17, 15) is 5.11 Å². The van der Waals surface area contributed by atoms with E-state index in [2.05, 4.69) is 10.2 Å². The summed E-state index contributed by atoms with van der Waals surface area (Å²) >= 11 is 6.07. The lowest BCUT2D eigenvalue weighted by molar-refractivity contribution is 0.133. The van der Waals surface area contributed by atoms with Gasteiger partial charge in [0.25, 0.3) is 0 Å². The van der Waals surface area contributed by atoms with Gasteiger partial charge in [-0.1, -0.05) is 23.7 Å². The molecule has 0 saturated carbocycles. The Morgan fingerprint density at radius 3 is 2.79 bits per heavy atom. The molecule has 5 nitrogen and oxygen atoms in total. The fourth-order valence-electron chi connectivity index (χ4n) is 1.81. The van der Waals surface area contributed by atoms with Gasteiger partial charge in [0.15, 0.2) is 0 Å². The highest BCUT2D eigenvalue weighted by Gasteiger charge is 2.13. The van der Waals surface area contributed by atoms with Crippen LogP contribution in [-0.2, 0) is 6.54 Å². The molecule has 2 aromatic rings. The van der Waals surface area contributed by atoms with Crippen molar-refractivity contribution in [2.45, 2.75) is 19.6 Å². The Labute approximate surface area is 116 Å². The van der Waals surface area contributed by atoms with Gasteiger partial charge in [0.05, 0.1) is 23.2 Å². The summed E-state index contributed by atoms with van der Waals surface area (Å²) < 4.78 is 5.57. The first-order valence-corrected chi connectivity index (χ1v) is 6.38. The highest BCUT2D eigenvalue weighted by Crippen LogP contribution is 2.26. The number of benzene rings is 1. The summed E-state index contributed by atoms with van der Waals surface area (Å²) in [4.78, 5) is 1.91. The number of nitrogens with zero attached hydrogens (tertiary/aromatic N) is 3. The van der Waals surface area contributed by atoms with Gasteiger partial charge < -0.3 is 9.52 Å². The van der Waals surface area contributed by atoms with Crippen molar-refractivity contribution in [2.24, 2.45) is 0 Å². The van der Waals surface area contributed by atoms with Crippen LogP contribution in [0.25, 0.3) is 11.5 Å². The van der Waals surface area contributed by atoms with Gasteiger partial charge >= 0.3 is 0 Å². The number of aliphatic hydroxyl groups excluding tert-OH is 1. The Balaban J connectivity index is 2.09. The molecule has 1 heterocycles. The van der Waals surface area contributed by atoms with Crippen molar-refractivity contribution in [1.82, 2.24) is 15.1 Å². The second-order valence-electron chi connectivity index (χ2n) is 4.53. The zero-order valence-electron chi connectivity index (χ0n) is 10.9. The summed E-state index contributed by atoms with van der Waals surface area (Å²) in [6.07, 6.45) is -0.393. The molecule has 0 spiro atoms. The molecule has 0 aliphatic rings. The molecule has 0 fully saturated rings. The maximum Gasteiger partial charge on any atom is 0.249 e. The predicted molar refractivity (Wildman–Crippen MR) is 72.8 cm³/mol. The summed E-state index contributed by atoms with van der Waals surface area (Å²) in [5.41, 5.74) is 0.723.